The Morgan fingerprint density at radius 3 is 3.08 bits per heavy atom. The van der Waals surface area contributed by atoms with Crippen LogP contribution in [-0.4, -0.2) is 42.5 Å². The number of halogens is 1. The van der Waals surface area contributed by atoms with E-state index in [0.717, 1.165) is 36.2 Å². The van der Waals surface area contributed by atoms with Crippen molar-refractivity contribution in [3.8, 4) is 0 Å². The van der Waals surface area contributed by atoms with Gasteiger partial charge in [-0.1, -0.05) is 6.07 Å². The van der Waals surface area contributed by atoms with Crippen LogP contribution < -0.4 is 0 Å². The van der Waals surface area contributed by atoms with Crippen LogP contribution in [0.1, 0.15) is 42.5 Å². The highest BCUT2D eigenvalue weighted by atomic mass is 35.5. The van der Waals surface area contributed by atoms with Crippen molar-refractivity contribution in [1.29, 1.82) is 0 Å². The molecule has 0 unspecified atom stereocenters. The lowest BCUT2D eigenvalue weighted by Gasteiger charge is -2.23. The third-order valence-electron chi connectivity index (χ3n) is 4.62. The summed E-state index contributed by atoms with van der Waals surface area (Å²) < 4.78 is 0. The molecule has 0 radical (unpaired) electrons. The maximum Gasteiger partial charge on any atom is 0.242 e. The first-order chi connectivity index (χ1) is 12.1. The minimum Gasteiger partial charge on any atom is -0.340 e. The lowest BCUT2D eigenvalue weighted by molar-refractivity contribution is -0.132. The zero-order valence-electron chi connectivity index (χ0n) is 13.9. The Morgan fingerprint density at radius 2 is 2.28 bits per heavy atom. The number of carbonyl (C=O) groups excluding carboxylic acids is 1. The van der Waals surface area contributed by atoms with E-state index < -0.39 is 0 Å². The molecule has 0 saturated carbocycles. The van der Waals surface area contributed by atoms with Crippen LogP contribution >= 0.6 is 11.6 Å². The van der Waals surface area contributed by atoms with Gasteiger partial charge in [-0.3, -0.25) is 9.89 Å². The van der Waals surface area contributed by atoms with Crippen molar-refractivity contribution in [2.75, 3.05) is 6.54 Å². The van der Waals surface area contributed by atoms with Gasteiger partial charge in [0.2, 0.25) is 11.2 Å². The summed E-state index contributed by atoms with van der Waals surface area (Å²) in [5, 5.41) is 6.69. The minimum atomic E-state index is 0.0125. The maximum absolute atomic E-state index is 12.7. The van der Waals surface area contributed by atoms with Crippen LogP contribution in [0.25, 0.3) is 11.0 Å². The first kappa shape index (κ1) is 16.1. The van der Waals surface area contributed by atoms with Crippen LogP contribution in [-0.2, 0) is 11.2 Å². The summed E-state index contributed by atoms with van der Waals surface area (Å²) in [5.41, 5.74) is 3.15. The highest BCUT2D eigenvalue weighted by Crippen LogP contribution is 2.32. The average molecular weight is 359 g/mol. The molecule has 1 fully saturated rings. The van der Waals surface area contributed by atoms with Crippen molar-refractivity contribution in [3.63, 3.8) is 0 Å². The van der Waals surface area contributed by atoms with Gasteiger partial charge in [0.1, 0.15) is 11.6 Å². The summed E-state index contributed by atoms with van der Waals surface area (Å²) in [6, 6.07) is 6.16. The molecule has 0 spiro atoms. The molecular weight excluding hydrogens is 340 g/mol. The zero-order chi connectivity index (χ0) is 17.4. The van der Waals surface area contributed by atoms with Crippen LogP contribution in [0.5, 0.6) is 0 Å². The van der Waals surface area contributed by atoms with E-state index in [9.17, 15) is 4.79 Å². The SMILES string of the molecule is Cc1ccc2nc([C@@H]3CCCN3C(=O)CCc3nc(Cl)n[nH]3)[nH]c2c1. The summed E-state index contributed by atoms with van der Waals surface area (Å²) in [6.07, 6.45) is 2.79. The molecule has 8 heteroatoms. The molecule has 1 saturated heterocycles. The lowest BCUT2D eigenvalue weighted by Crippen LogP contribution is -2.31. The Bertz CT molecular complexity index is 917. The van der Waals surface area contributed by atoms with Crippen molar-refractivity contribution in [1.82, 2.24) is 30.0 Å². The first-order valence-electron chi connectivity index (χ1n) is 8.42. The number of aromatic amines is 2. The highest BCUT2D eigenvalue weighted by Gasteiger charge is 2.31. The smallest absolute Gasteiger partial charge is 0.242 e. The van der Waals surface area contributed by atoms with Crippen molar-refractivity contribution < 1.29 is 4.79 Å². The van der Waals surface area contributed by atoms with Crippen LogP contribution in [0.15, 0.2) is 18.2 Å². The number of carbonyl (C=O) groups is 1. The van der Waals surface area contributed by atoms with Gasteiger partial charge in [-0.2, -0.15) is 0 Å². The molecule has 7 nitrogen and oxygen atoms in total. The normalized spacial score (nSPS) is 17.5. The van der Waals surface area contributed by atoms with Gasteiger partial charge in [0.05, 0.1) is 17.1 Å². The largest absolute Gasteiger partial charge is 0.340 e. The fraction of sp³-hybridized carbons (Fsp3) is 0.412. The number of hydrogen-bond donors (Lipinski definition) is 2. The molecule has 3 aromatic rings. The predicted octanol–water partition coefficient (Wildman–Crippen LogP) is 2.94. The Labute approximate surface area is 149 Å². The molecule has 4 rings (SSSR count). The van der Waals surface area contributed by atoms with Crippen molar-refractivity contribution in [2.45, 2.75) is 38.6 Å². The van der Waals surface area contributed by atoms with Crippen LogP contribution in [0.2, 0.25) is 5.28 Å². The molecule has 1 aliphatic heterocycles. The van der Waals surface area contributed by atoms with E-state index in [1.54, 1.807) is 0 Å². The monoisotopic (exact) mass is 358 g/mol. The summed E-state index contributed by atoms with van der Waals surface area (Å²) in [5.74, 6) is 1.61. The average Bonchev–Trinajstić information content (AvgIpc) is 3.30. The minimum absolute atomic E-state index is 0.0125. The number of H-pyrrole nitrogens is 2. The van der Waals surface area contributed by atoms with Crippen molar-refractivity contribution in [3.05, 3.63) is 40.7 Å². The molecule has 2 aromatic heterocycles. The fourth-order valence-electron chi connectivity index (χ4n) is 3.40. The molecule has 1 amide bonds. The highest BCUT2D eigenvalue weighted by molar-refractivity contribution is 6.28. The van der Waals surface area contributed by atoms with Crippen LogP contribution in [0.3, 0.4) is 0 Å². The standard InChI is InChI=1S/C17H19ClN6O/c1-10-4-5-11-12(9-10)20-16(19-11)13-3-2-8-24(13)15(25)7-6-14-21-17(18)23-22-14/h4-5,9,13H,2-3,6-8H2,1H3,(H,19,20)(H,21,22,23)/t13-/m0/s1. The molecule has 3 heterocycles. The van der Waals surface area contributed by atoms with Gasteiger partial charge >= 0.3 is 0 Å². The van der Waals surface area contributed by atoms with E-state index >= 15 is 0 Å². The number of imidazole rings is 1. The summed E-state index contributed by atoms with van der Waals surface area (Å²) in [4.78, 5) is 26.7. The lowest BCUT2D eigenvalue weighted by atomic mass is 10.2. The van der Waals surface area contributed by atoms with Crippen LogP contribution in [0, 0.1) is 6.92 Å². The second kappa shape index (κ2) is 6.48. The second-order valence-electron chi connectivity index (χ2n) is 6.44. The van der Waals surface area contributed by atoms with Crippen molar-refractivity contribution in [2.24, 2.45) is 0 Å². The summed E-state index contributed by atoms with van der Waals surface area (Å²) >= 11 is 5.69. The first-order valence-corrected chi connectivity index (χ1v) is 8.80. The second-order valence-corrected chi connectivity index (χ2v) is 6.78. The Morgan fingerprint density at radius 1 is 1.40 bits per heavy atom. The third kappa shape index (κ3) is 3.24. The Kier molecular flexibility index (Phi) is 4.17. The Balaban J connectivity index is 1.49. The number of nitrogens with zero attached hydrogens (tertiary/aromatic N) is 4. The van der Waals surface area contributed by atoms with Crippen molar-refractivity contribution >= 4 is 28.5 Å². The van der Waals surface area contributed by atoms with Gasteiger partial charge in [-0.05, 0) is 49.1 Å². The van der Waals surface area contributed by atoms with Gasteiger partial charge in [0.25, 0.3) is 0 Å². The van der Waals surface area contributed by atoms with E-state index in [0.29, 0.717) is 18.7 Å². The number of fused-ring (bicyclic) bond motifs is 1. The molecular formula is C17H19ClN6O. The summed E-state index contributed by atoms with van der Waals surface area (Å²) in [7, 11) is 0. The molecule has 1 atom stereocenters. The Hall–Kier alpha value is -2.41. The van der Waals surface area contributed by atoms with Gasteiger partial charge in [0, 0.05) is 19.4 Å². The van der Waals surface area contributed by atoms with Gasteiger partial charge < -0.3 is 9.88 Å². The zero-order valence-corrected chi connectivity index (χ0v) is 14.7. The fourth-order valence-corrected chi connectivity index (χ4v) is 3.55. The van der Waals surface area contributed by atoms with E-state index in [1.807, 2.05) is 17.0 Å². The number of likely N-dealkylation sites (tertiary alicyclic amines) is 1. The van der Waals surface area contributed by atoms with E-state index in [-0.39, 0.29) is 17.2 Å². The maximum atomic E-state index is 12.7. The number of rotatable bonds is 4. The summed E-state index contributed by atoms with van der Waals surface area (Å²) in [6.45, 7) is 2.82. The molecule has 1 aromatic carbocycles. The number of amides is 1. The number of aryl methyl sites for hydroxylation is 2. The number of nitrogens with one attached hydrogen (secondary N) is 2. The van der Waals surface area contributed by atoms with E-state index in [1.165, 1.54) is 5.56 Å². The van der Waals surface area contributed by atoms with Gasteiger partial charge in [-0.25, -0.2) is 9.97 Å². The predicted molar refractivity (Wildman–Crippen MR) is 94.2 cm³/mol. The third-order valence-corrected chi connectivity index (χ3v) is 4.79. The number of aromatic nitrogens is 5. The topological polar surface area (TPSA) is 90.6 Å². The molecule has 130 valence electrons. The van der Waals surface area contributed by atoms with Crippen LogP contribution in [0.4, 0.5) is 0 Å². The van der Waals surface area contributed by atoms with E-state index in [4.69, 9.17) is 16.6 Å². The van der Waals surface area contributed by atoms with Gasteiger partial charge in [-0.15, -0.1) is 5.10 Å². The molecule has 25 heavy (non-hydrogen) atoms. The number of benzene rings is 1. The van der Waals surface area contributed by atoms with Gasteiger partial charge in [0.15, 0.2) is 0 Å². The molecule has 1 aliphatic rings. The quantitative estimate of drug-likeness (QED) is 0.750. The molecule has 0 bridgehead atoms. The molecule has 2 N–H and O–H groups in total. The molecule has 0 aliphatic carbocycles. The van der Waals surface area contributed by atoms with E-state index in [2.05, 4.69) is 33.2 Å². The number of hydrogen-bond acceptors (Lipinski definition) is 4.